The Bertz CT molecular complexity index is 1090. The number of thiocarbonyl (C=S) groups is 1. The van der Waals surface area contributed by atoms with Crippen LogP contribution in [0, 0.1) is 0 Å². The first-order valence-electron chi connectivity index (χ1n) is 7.40. The Balaban J connectivity index is 2.07. The molecule has 6 nitrogen and oxygen atoms in total. The maximum Gasteiger partial charge on any atom is 0.349 e. The van der Waals surface area contributed by atoms with Crippen molar-refractivity contribution in [2.45, 2.75) is 5.92 Å². The number of nitrogens with zero attached hydrogens (tertiary/aromatic N) is 2. The maximum absolute atomic E-state index is 11.9. The molecular weight excluding hydrogens is 395 g/mol. The third kappa shape index (κ3) is 3.70. The zero-order valence-electron chi connectivity index (χ0n) is 13.1. The second-order valence-electron chi connectivity index (χ2n) is 5.44. The summed E-state index contributed by atoms with van der Waals surface area (Å²) >= 11 is 17.6. The van der Waals surface area contributed by atoms with E-state index in [0.717, 1.165) is 16.4 Å². The summed E-state index contributed by atoms with van der Waals surface area (Å²) in [6.45, 7) is 0. The summed E-state index contributed by atoms with van der Waals surface area (Å²) in [6.07, 6.45) is 1.01. The topological polar surface area (TPSA) is 93.8 Å². The van der Waals surface area contributed by atoms with E-state index in [-0.39, 0.29) is 4.99 Å². The molecule has 0 saturated carbocycles. The molecule has 26 heavy (non-hydrogen) atoms. The molecule has 1 heterocycles. The van der Waals surface area contributed by atoms with Gasteiger partial charge in [0.25, 0.3) is 5.56 Å². The molecule has 3 N–H and O–H groups in total. The molecular formula is C17H12Cl2N4O2S. The molecule has 9 heteroatoms. The van der Waals surface area contributed by atoms with Crippen molar-refractivity contribution < 1.29 is 0 Å². The zero-order chi connectivity index (χ0) is 18.8. The maximum atomic E-state index is 11.9. The van der Waals surface area contributed by atoms with Crippen LogP contribution in [0.1, 0.15) is 17.0 Å². The van der Waals surface area contributed by atoms with Crippen LogP contribution < -0.4 is 17.0 Å². The van der Waals surface area contributed by atoms with E-state index in [1.54, 1.807) is 30.3 Å². The van der Waals surface area contributed by atoms with Crippen LogP contribution in [0.3, 0.4) is 0 Å². The summed E-state index contributed by atoms with van der Waals surface area (Å²) in [7, 11) is 0. The number of H-pyrrole nitrogens is 1. The summed E-state index contributed by atoms with van der Waals surface area (Å²) < 4.78 is 1.04. The molecule has 132 valence electrons. The number of aromatic nitrogens is 3. The summed E-state index contributed by atoms with van der Waals surface area (Å²) in [4.78, 5) is 25.4. The third-order valence-corrected chi connectivity index (χ3v) is 4.56. The van der Waals surface area contributed by atoms with E-state index in [1.807, 2.05) is 12.1 Å². The normalized spacial score (nSPS) is 11.9. The summed E-state index contributed by atoms with van der Waals surface area (Å²) in [5, 5.41) is 4.76. The summed E-state index contributed by atoms with van der Waals surface area (Å²) in [6, 6.07) is 12.1. The summed E-state index contributed by atoms with van der Waals surface area (Å²) in [5.41, 5.74) is 6.62. The number of rotatable bonds is 4. The van der Waals surface area contributed by atoms with E-state index >= 15 is 0 Å². The minimum atomic E-state index is -0.662. The molecule has 0 spiro atoms. The average molecular weight is 407 g/mol. The molecule has 1 unspecified atom stereocenters. The number of benzene rings is 2. The van der Waals surface area contributed by atoms with Gasteiger partial charge in [0.1, 0.15) is 6.20 Å². The molecule has 3 aromatic rings. The molecule has 0 aliphatic rings. The predicted molar refractivity (Wildman–Crippen MR) is 106 cm³/mol. The van der Waals surface area contributed by atoms with Gasteiger partial charge in [0.15, 0.2) is 0 Å². The highest BCUT2D eigenvalue weighted by atomic mass is 35.5. The molecule has 1 atom stereocenters. The number of nitrogens with two attached hydrogens (primary N) is 1. The van der Waals surface area contributed by atoms with E-state index in [0.29, 0.717) is 21.3 Å². The van der Waals surface area contributed by atoms with Gasteiger partial charge in [0.05, 0.1) is 16.6 Å². The first kappa shape index (κ1) is 18.3. The molecule has 2 aromatic carbocycles. The lowest BCUT2D eigenvalue weighted by Crippen LogP contribution is -2.30. The van der Waals surface area contributed by atoms with Crippen LogP contribution in [-0.4, -0.2) is 19.8 Å². The number of hydrogen-bond donors (Lipinski definition) is 2. The van der Waals surface area contributed by atoms with Gasteiger partial charge in [-0.05, 0) is 35.4 Å². The largest absolute Gasteiger partial charge is 0.393 e. The Labute approximate surface area is 163 Å². The minimum absolute atomic E-state index is 0.251. The van der Waals surface area contributed by atoms with Crippen molar-refractivity contribution >= 4 is 40.4 Å². The van der Waals surface area contributed by atoms with Crippen molar-refractivity contribution in [1.82, 2.24) is 14.8 Å². The zero-order valence-corrected chi connectivity index (χ0v) is 15.5. The number of aromatic amines is 1. The smallest absolute Gasteiger partial charge is 0.349 e. The Morgan fingerprint density at radius 2 is 1.85 bits per heavy atom. The lowest BCUT2D eigenvalue weighted by atomic mass is 9.91. The van der Waals surface area contributed by atoms with Gasteiger partial charge in [-0.25, -0.2) is 4.79 Å². The van der Waals surface area contributed by atoms with E-state index in [2.05, 4.69) is 10.1 Å². The molecule has 0 fully saturated rings. The Hall–Kier alpha value is -2.48. The van der Waals surface area contributed by atoms with Crippen LogP contribution >= 0.6 is 35.4 Å². The fourth-order valence-corrected chi connectivity index (χ4v) is 3.24. The van der Waals surface area contributed by atoms with Crippen LogP contribution in [0.15, 0.2) is 58.3 Å². The van der Waals surface area contributed by atoms with Crippen LogP contribution in [0.2, 0.25) is 10.0 Å². The Morgan fingerprint density at radius 3 is 2.42 bits per heavy atom. The average Bonchev–Trinajstić information content (AvgIpc) is 2.58. The molecule has 0 amide bonds. The lowest BCUT2D eigenvalue weighted by molar-refractivity contribution is 0.749. The molecule has 0 aliphatic heterocycles. The second-order valence-corrected chi connectivity index (χ2v) is 6.76. The monoisotopic (exact) mass is 406 g/mol. The van der Waals surface area contributed by atoms with Gasteiger partial charge in [0, 0.05) is 10.0 Å². The van der Waals surface area contributed by atoms with E-state index in [4.69, 9.17) is 41.2 Å². The molecule has 0 bridgehead atoms. The lowest BCUT2D eigenvalue weighted by Gasteiger charge is -2.19. The highest BCUT2D eigenvalue weighted by Gasteiger charge is 2.20. The molecule has 1 aromatic heterocycles. The van der Waals surface area contributed by atoms with E-state index < -0.39 is 17.2 Å². The van der Waals surface area contributed by atoms with Crippen molar-refractivity contribution in [2.75, 3.05) is 0 Å². The van der Waals surface area contributed by atoms with E-state index in [9.17, 15) is 9.59 Å². The first-order valence-corrected chi connectivity index (χ1v) is 8.56. The second kappa shape index (κ2) is 7.41. The quantitative estimate of drug-likeness (QED) is 0.649. The fraction of sp³-hybridized carbons (Fsp3) is 0.0588. The fourth-order valence-electron chi connectivity index (χ4n) is 2.57. The van der Waals surface area contributed by atoms with Gasteiger partial charge < -0.3 is 5.73 Å². The van der Waals surface area contributed by atoms with Crippen molar-refractivity contribution in [3.63, 3.8) is 0 Å². The molecule has 0 aliphatic carbocycles. The van der Waals surface area contributed by atoms with Crippen LogP contribution in [-0.2, 0) is 0 Å². The molecule has 3 rings (SSSR count). The van der Waals surface area contributed by atoms with Crippen molar-refractivity contribution in [3.8, 4) is 5.69 Å². The van der Waals surface area contributed by atoms with Crippen LogP contribution in [0.5, 0.6) is 0 Å². The Morgan fingerprint density at radius 1 is 1.15 bits per heavy atom. The van der Waals surface area contributed by atoms with Crippen molar-refractivity contribution in [2.24, 2.45) is 5.73 Å². The standard InChI is InChI=1S/C17H12Cl2N4O2S/c18-10-3-1-9(2-4-10)15(16(20)26)12-6-5-11(7-13(12)19)23-17(25)22-14(24)8-21-23/h1-8,15H,(H2,20,26)(H,22,24,25). The highest BCUT2D eigenvalue weighted by Crippen LogP contribution is 2.32. The van der Waals surface area contributed by atoms with Gasteiger partial charge in [-0.1, -0.05) is 53.6 Å². The number of nitrogens with one attached hydrogen (secondary N) is 1. The van der Waals surface area contributed by atoms with Gasteiger partial charge in [-0.2, -0.15) is 9.78 Å². The van der Waals surface area contributed by atoms with Gasteiger partial charge in [-0.3, -0.25) is 9.78 Å². The van der Waals surface area contributed by atoms with Gasteiger partial charge in [0.2, 0.25) is 0 Å². The molecule has 0 radical (unpaired) electrons. The van der Waals surface area contributed by atoms with Crippen molar-refractivity contribution in [3.05, 3.63) is 90.7 Å². The van der Waals surface area contributed by atoms with Crippen LogP contribution in [0.4, 0.5) is 0 Å². The Kier molecular flexibility index (Phi) is 5.22. The van der Waals surface area contributed by atoms with Gasteiger partial charge >= 0.3 is 5.69 Å². The first-order chi connectivity index (χ1) is 12.4. The SMILES string of the molecule is NC(=S)C(c1ccc(Cl)cc1)c1ccc(-n2ncc(=O)[nH]c2=O)cc1Cl. The van der Waals surface area contributed by atoms with Crippen LogP contribution in [0.25, 0.3) is 5.69 Å². The third-order valence-electron chi connectivity index (χ3n) is 3.74. The van der Waals surface area contributed by atoms with Gasteiger partial charge in [-0.15, -0.1) is 0 Å². The van der Waals surface area contributed by atoms with E-state index in [1.165, 1.54) is 0 Å². The highest BCUT2D eigenvalue weighted by molar-refractivity contribution is 7.80. The number of halogens is 2. The predicted octanol–water partition coefficient (Wildman–Crippen LogP) is 2.65. The summed E-state index contributed by atoms with van der Waals surface area (Å²) in [5.74, 6) is -0.413. The van der Waals surface area contributed by atoms with Crippen molar-refractivity contribution in [1.29, 1.82) is 0 Å². The number of hydrogen-bond acceptors (Lipinski definition) is 4. The minimum Gasteiger partial charge on any atom is -0.393 e. The molecule has 0 saturated heterocycles.